The Morgan fingerprint density at radius 2 is 1.79 bits per heavy atom. The van der Waals surface area contributed by atoms with Crippen LogP contribution in [0, 0.1) is 0 Å². The SMILES string of the molecule is COc1ccc(C2=NC(c3cccc(N(C)C)c3)NN2)cc1OC. The smallest absolute Gasteiger partial charge is 0.161 e. The van der Waals surface area contributed by atoms with Crippen LogP contribution in [0.4, 0.5) is 5.69 Å². The van der Waals surface area contributed by atoms with E-state index in [2.05, 4.69) is 34.0 Å². The van der Waals surface area contributed by atoms with Gasteiger partial charge in [0.25, 0.3) is 0 Å². The Morgan fingerprint density at radius 3 is 2.50 bits per heavy atom. The van der Waals surface area contributed by atoms with Crippen LogP contribution < -0.4 is 25.2 Å². The van der Waals surface area contributed by atoms with Gasteiger partial charge in [-0.2, -0.15) is 0 Å². The van der Waals surface area contributed by atoms with Gasteiger partial charge in [0.1, 0.15) is 12.0 Å². The molecule has 3 rings (SSSR count). The Balaban J connectivity index is 1.87. The van der Waals surface area contributed by atoms with E-state index in [4.69, 9.17) is 14.5 Å². The van der Waals surface area contributed by atoms with Gasteiger partial charge in [-0.25, -0.2) is 10.4 Å². The molecular weight excluding hydrogens is 304 g/mol. The Kier molecular flexibility index (Phi) is 4.57. The molecule has 0 saturated carbocycles. The van der Waals surface area contributed by atoms with Crippen molar-refractivity contribution >= 4 is 11.5 Å². The molecule has 0 spiro atoms. The summed E-state index contributed by atoms with van der Waals surface area (Å²) in [5.41, 5.74) is 9.54. The highest BCUT2D eigenvalue weighted by Crippen LogP contribution is 2.29. The zero-order valence-electron chi connectivity index (χ0n) is 14.3. The molecular formula is C18H22N4O2. The van der Waals surface area contributed by atoms with Crippen molar-refractivity contribution in [1.82, 2.24) is 10.9 Å². The number of hydrogen-bond acceptors (Lipinski definition) is 6. The van der Waals surface area contributed by atoms with Gasteiger partial charge in [-0.3, -0.25) is 0 Å². The molecule has 1 aliphatic rings. The van der Waals surface area contributed by atoms with E-state index in [1.165, 1.54) is 0 Å². The fourth-order valence-electron chi connectivity index (χ4n) is 2.59. The third-order valence-corrected chi connectivity index (χ3v) is 3.94. The van der Waals surface area contributed by atoms with Gasteiger partial charge in [-0.05, 0) is 35.9 Å². The summed E-state index contributed by atoms with van der Waals surface area (Å²) in [5.74, 6) is 2.15. The van der Waals surface area contributed by atoms with Crippen molar-refractivity contribution in [2.24, 2.45) is 4.99 Å². The number of ether oxygens (including phenoxy) is 2. The molecule has 1 heterocycles. The maximum Gasteiger partial charge on any atom is 0.161 e. The summed E-state index contributed by atoms with van der Waals surface area (Å²) < 4.78 is 10.6. The summed E-state index contributed by atoms with van der Waals surface area (Å²) >= 11 is 0. The maximum atomic E-state index is 5.36. The predicted molar refractivity (Wildman–Crippen MR) is 95.9 cm³/mol. The van der Waals surface area contributed by atoms with Crippen LogP contribution in [0.2, 0.25) is 0 Å². The number of anilines is 1. The lowest BCUT2D eigenvalue weighted by Crippen LogP contribution is -2.31. The number of aliphatic imine (C=N–C) groups is 1. The van der Waals surface area contributed by atoms with Crippen LogP contribution in [0.1, 0.15) is 17.3 Å². The summed E-state index contributed by atoms with van der Waals surface area (Å²) in [6.07, 6.45) is -0.131. The van der Waals surface area contributed by atoms with Crippen molar-refractivity contribution in [3.05, 3.63) is 53.6 Å². The number of nitrogens with one attached hydrogen (secondary N) is 2. The van der Waals surface area contributed by atoms with E-state index in [9.17, 15) is 0 Å². The Morgan fingerprint density at radius 1 is 1.00 bits per heavy atom. The molecule has 24 heavy (non-hydrogen) atoms. The highest BCUT2D eigenvalue weighted by atomic mass is 16.5. The van der Waals surface area contributed by atoms with E-state index in [1.54, 1.807) is 14.2 Å². The molecule has 0 fully saturated rings. The molecule has 1 atom stereocenters. The molecule has 2 aromatic carbocycles. The van der Waals surface area contributed by atoms with Crippen molar-refractivity contribution in [2.75, 3.05) is 33.2 Å². The number of nitrogens with zero attached hydrogens (tertiary/aromatic N) is 2. The number of hydrogen-bond donors (Lipinski definition) is 2. The quantitative estimate of drug-likeness (QED) is 0.883. The van der Waals surface area contributed by atoms with Gasteiger partial charge >= 0.3 is 0 Å². The summed E-state index contributed by atoms with van der Waals surface area (Å²) in [4.78, 5) is 6.81. The van der Waals surface area contributed by atoms with Crippen LogP contribution in [0.5, 0.6) is 11.5 Å². The monoisotopic (exact) mass is 326 g/mol. The molecule has 2 N–H and O–H groups in total. The number of methoxy groups -OCH3 is 2. The number of rotatable bonds is 5. The highest BCUT2D eigenvalue weighted by Gasteiger charge is 2.20. The molecule has 1 aliphatic heterocycles. The second-order valence-electron chi connectivity index (χ2n) is 5.71. The standard InChI is InChI=1S/C18H22N4O2/c1-22(2)14-7-5-6-12(10-14)17-19-18(21-20-17)13-8-9-15(23-3)16(11-13)24-4/h5-11,17,20H,1-4H3,(H,19,21). The van der Waals surface area contributed by atoms with Gasteiger partial charge in [0, 0.05) is 25.3 Å². The van der Waals surface area contributed by atoms with Crippen molar-refractivity contribution < 1.29 is 9.47 Å². The first-order chi connectivity index (χ1) is 11.6. The maximum absolute atomic E-state index is 5.36. The van der Waals surface area contributed by atoms with E-state index in [0.717, 1.165) is 22.6 Å². The second kappa shape index (κ2) is 6.80. The van der Waals surface area contributed by atoms with Crippen LogP contribution in [-0.2, 0) is 0 Å². The first-order valence-corrected chi connectivity index (χ1v) is 7.71. The van der Waals surface area contributed by atoms with Crippen LogP contribution in [0.25, 0.3) is 0 Å². The van der Waals surface area contributed by atoms with Crippen molar-refractivity contribution in [3.8, 4) is 11.5 Å². The summed E-state index contributed by atoms with van der Waals surface area (Å²) in [6, 6.07) is 14.0. The highest BCUT2D eigenvalue weighted by molar-refractivity contribution is 6.00. The van der Waals surface area contributed by atoms with Crippen LogP contribution in [0.15, 0.2) is 47.5 Å². The molecule has 0 radical (unpaired) electrons. The van der Waals surface area contributed by atoms with E-state index >= 15 is 0 Å². The molecule has 0 aromatic heterocycles. The molecule has 6 heteroatoms. The number of benzene rings is 2. The third kappa shape index (κ3) is 3.14. The van der Waals surface area contributed by atoms with E-state index in [-0.39, 0.29) is 6.17 Å². The fraction of sp³-hybridized carbons (Fsp3) is 0.278. The lowest BCUT2D eigenvalue weighted by molar-refractivity contribution is 0.355. The third-order valence-electron chi connectivity index (χ3n) is 3.94. The van der Waals surface area contributed by atoms with Gasteiger partial charge in [0.05, 0.1) is 14.2 Å². The molecule has 126 valence electrons. The van der Waals surface area contributed by atoms with Gasteiger partial charge in [-0.1, -0.05) is 12.1 Å². The van der Waals surface area contributed by atoms with Crippen LogP contribution in [-0.4, -0.2) is 34.2 Å². The lowest BCUT2D eigenvalue weighted by atomic mass is 10.1. The van der Waals surface area contributed by atoms with Gasteiger partial charge in [0.2, 0.25) is 0 Å². The molecule has 6 nitrogen and oxygen atoms in total. The van der Waals surface area contributed by atoms with E-state index in [0.29, 0.717) is 11.5 Å². The van der Waals surface area contributed by atoms with Gasteiger partial charge in [0.15, 0.2) is 11.5 Å². The zero-order chi connectivity index (χ0) is 17.1. The molecule has 1 unspecified atom stereocenters. The van der Waals surface area contributed by atoms with E-state index < -0.39 is 0 Å². The number of hydrazine groups is 1. The first kappa shape index (κ1) is 16.1. The number of amidine groups is 1. The minimum atomic E-state index is -0.131. The zero-order valence-corrected chi connectivity index (χ0v) is 14.3. The molecule has 2 aromatic rings. The van der Waals surface area contributed by atoms with Crippen LogP contribution in [0.3, 0.4) is 0 Å². The molecule has 0 amide bonds. The Hall–Kier alpha value is -2.73. The molecule has 0 saturated heterocycles. The summed E-state index contributed by atoms with van der Waals surface area (Å²) in [5, 5.41) is 0. The Bertz CT molecular complexity index is 758. The Labute approximate surface area is 142 Å². The minimum absolute atomic E-state index is 0.131. The normalized spacial score (nSPS) is 16.3. The van der Waals surface area contributed by atoms with Gasteiger partial charge in [-0.15, -0.1) is 0 Å². The first-order valence-electron chi connectivity index (χ1n) is 7.71. The second-order valence-corrected chi connectivity index (χ2v) is 5.71. The van der Waals surface area contributed by atoms with Crippen LogP contribution >= 0.6 is 0 Å². The molecule has 0 aliphatic carbocycles. The predicted octanol–water partition coefficient (Wildman–Crippen LogP) is 2.32. The van der Waals surface area contributed by atoms with Crippen molar-refractivity contribution in [3.63, 3.8) is 0 Å². The fourth-order valence-corrected chi connectivity index (χ4v) is 2.59. The largest absolute Gasteiger partial charge is 0.493 e. The molecule has 0 bridgehead atoms. The summed E-state index contributed by atoms with van der Waals surface area (Å²) in [6.45, 7) is 0. The van der Waals surface area contributed by atoms with Crippen molar-refractivity contribution in [2.45, 2.75) is 6.17 Å². The summed E-state index contributed by atoms with van der Waals surface area (Å²) in [7, 11) is 7.30. The van der Waals surface area contributed by atoms with Crippen molar-refractivity contribution in [1.29, 1.82) is 0 Å². The average Bonchev–Trinajstić information content (AvgIpc) is 3.11. The topological polar surface area (TPSA) is 58.1 Å². The van der Waals surface area contributed by atoms with E-state index in [1.807, 2.05) is 38.4 Å². The minimum Gasteiger partial charge on any atom is -0.493 e. The lowest BCUT2D eigenvalue weighted by Gasteiger charge is -2.15. The average molecular weight is 326 g/mol. The van der Waals surface area contributed by atoms with Gasteiger partial charge < -0.3 is 19.8 Å².